The van der Waals surface area contributed by atoms with Crippen molar-refractivity contribution in [2.45, 2.75) is 6.42 Å². The zero-order valence-corrected chi connectivity index (χ0v) is 11.9. The summed E-state index contributed by atoms with van der Waals surface area (Å²) in [4.78, 5) is 12.0. The van der Waals surface area contributed by atoms with Gasteiger partial charge in [0.1, 0.15) is 11.6 Å². The summed E-state index contributed by atoms with van der Waals surface area (Å²) in [6.07, 6.45) is -0.0145. The van der Waals surface area contributed by atoms with Gasteiger partial charge in [0.05, 0.1) is 9.50 Å². The van der Waals surface area contributed by atoms with Crippen LogP contribution in [0.5, 0.6) is 0 Å². The number of carbonyl (C=O) groups excluding carboxylic acids is 1. The number of benzene rings is 2. The topological polar surface area (TPSA) is 17.1 Å². The summed E-state index contributed by atoms with van der Waals surface area (Å²) in [6.45, 7) is 0. The van der Waals surface area contributed by atoms with E-state index >= 15 is 0 Å². The highest BCUT2D eigenvalue weighted by Crippen LogP contribution is 2.23. The van der Waals surface area contributed by atoms with E-state index in [4.69, 9.17) is 11.6 Å². The number of ketones is 1. The third-order valence-corrected chi connectivity index (χ3v) is 3.82. The van der Waals surface area contributed by atoms with Crippen molar-refractivity contribution in [1.82, 2.24) is 0 Å². The highest BCUT2D eigenvalue weighted by atomic mass is 79.9. The van der Waals surface area contributed by atoms with Crippen molar-refractivity contribution >= 4 is 33.3 Å². The van der Waals surface area contributed by atoms with E-state index in [0.717, 1.165) is 6.07 Å². The second kappa shape index (κ2) is 5.80. The summed E-state index contributed by atoms with van der Waals surface area (Å²) in [5.41, 5.74) is 0.721. The summed E-state index contributed by atoms with van der Waals surface area (Å²) in [7, 11) is 0. The zero-order valence-electron chi connectivity index (χ0n) is 9.59. The third kappa shape index (κ3) is 3.19. The van der Waals surface area contributed by atoms with Gasteiger partial charge < -0.3 is 0 Å². The van der Waals surface area contributed by atoms with Crippen LogP contribution in [-0.4, -0.2) is 5.78 Å². The molecule has 0 saturated carbocycles. The predicted octanol–water partition coefficient (Wildman–Crippen LogP) is 4.81. The van der Waals surface area contributed by atoms with Crippen molar-refractivity contribution in [2.24, 2.45) is 0 Å². The summed E-state index contributed by atoms with van der Waals surface area (Å²) in [6, 6.07) is 8.30. The second-order valence-corrected chi connectivity index (χ2v) is 5.14. The lowest BCUT2D eigenvalue weighted by molar-refractivity contribution is 0.0992. The molecule has 0 atom stereocenters. The summed E-state index contributed by atoms with van der Waals surface area (Å²) in [5.74, 6) is -1.39. The average Bonchev–Trinajstić information content (AvgIpc) is 2.38. The Morgan fingerprint density at radius 3 is 2.58 bits per heavy atom. The Labute approximate surface area is 122 Å². The molecule has 0 aliphatic rings. The molecule has 98 valence electrons. The van der Waals surface area contributed by atoms with Crippen LogP contribution in [0.25, 0.3) is 0 Å². The van der Waals surface area contributed by atoms with Crippen molar-refractivity contribution in [3.63, 3.8) is 0 Å². The number of hydrogen-bond donors (Lipinski definition) is 0. The first-order chi connectivity index (χ1) is 8.99. The van der Waals surface area contributed by atoms with Crippen LogP contribution in [0, 0.1) is 11.6 Å². The lowest BCUT2D eigenvalue weighted by atomic mass is 10.0. The molecular formula is C14H8BrClF2O. The molecule has 0 aliphatic heterocycles. The van der Waals surface area contributed by atoms with E-state index < -0.39 is 11.6 Å². The molecule has 5 heteroatoms. The van der Waals surface area contributed by atoms with E-state index in [-0.39, 0.29) is 27.3 Å². The smallest absolute Gasteiger partial charge is 0.167 e. The van der Waals surface area contributed by atoms with Crippen LogP contribution in [0.2, 0.25) is 5.02 Å². The Bertz CT molecular complexity index is 643. The highest BCUT2D eigenvalue weighted by Gasteiger charge is 2.13. The van der Waals surface area contributed by atoms with Crippen LogP contribution in [0.3, 0.4) is 0 Å². The van der Waals surface area contributed by atoms with Crippen LogP contribution in [0.4, 0.5) is 8.78 Å². The van der Waals surface area contributed by atoms with E-state index in [1.165, 1.54) is 24.3 Å². The van der Waals surface area contributed by atoms with Crippen molar-refractivity contribution in [1.29, 1.82) is 0 Å². The largest absolute Gasteiger partial charge is 0.294 e. The minimum absolute atomic E-state index is 0.0145. The molecule has 19 heavy (non-hydrogen) atoms. The first kappa shape index (κ1) is 14.2. The van der Waals surface area contributed by atoms with Crippen molar-refractivity contribution in [3.8, 4) is 0 Å². The van der Waals surface area contributed by atoms with Gasteiger partial charge in [-0.25, -0.2) is 8.78 Å². The Morgan fingerprint density at radius 1 is 1.16 bits per heavy atom. The summed E-state index contributed by atoms with van der Waals surface area (Å²) in [5, 5.41) is -0.0384. The first-order valence-electron chi connectivity index (χ1n) is 5.40. The molecule has 0 heterocycles. The molecule has 0 radical (unpaired) electrons. The molecule has 0 N–H and O–H groups in total. The Morgan fingerprint density at radius 2 is 1.89 bits per heavy atom. The maximum Gasteiger partial charge on any atom is 0.167 e. The molecule has 0 bridgehead atoms. The van der Waals surface area contributed by atoms with E-state index in [0.29, 0.717) is 5.56 Å². The van der Waals surface area contributed by atoms with Gasteiger partial charge in [0, 0.05) is 12.0 Å². The third-order valence-electron chi connectivity index (χ3n) is 2.62. The molecule has 0 aliphatic carbocycles. The molecule has 2 aromatic rings. The number of Topliss-reactive ketones (excluding diaryl/α,β-unsaturated/α-hetero) is 1. The molecule has 1 nitrogen and oxygen atoms in total. The fourth-order valence-electron chi connectivity index (χ4n) is 1.63. The van der Waals surface area contributed by atoms with Gasteiger partial charge in [0.2, 0.25) is 0 Å². The van der Waals surface area contributed by atoms with E-state index in [2.05, 4.69) is 15.9 Å². The number of carbonyl (C=O) groups is 1. The molecule has 0 fully saturated rings. The van der Waals surface area contributed by atoms with Crippen LogP contribution in [-0.2, 0) is 6.42 Å². The maximum atomic E-state index is 13.3. The average molecular weight is 346 g/mol. The van der Waals surface area contributed by atoms with E-state index in [9.17, 15) is 13.6 Å². The van der Waals surface area contributed by atoms with Crippen LogP contribution in [0.15, 0.2) is 40.9 Å². The zero-order chi connectivity index (χ0) is 14.0. The highest BCUT2D eigenvalue weighted by molar-refractivity contribution is 9.10. The van der Waals surface area contributed by atoms with Gasteiger partial charge in [-0.05, 0) is 45.8 Å². The Kier molecular flexibility index (Phi) is 4.32. The monoisotopic (exact) mass is 344 g/mol. The van der Waals surface area contributed by atoms with Gasteiger partial charge in [0.25, 0.3) is 0 Å². The molecule has 0 spiro atoms. The lowest BCUT2D eigenvalue weighted by Gasteiger charge is -2.05. The summed E-state index contributed by atoms with van der Waals surface area (Å²) >= 11 is 8.63. The number of rotatable bonds is 3. The number of hydrogen-bond acceptors (Lipinski definition) is 1. The second-order valence-electron chi connectivity index (χ2n) is 3.94. The molecule has 2 aromatic carbocycles. The van der Waals surface area contributed by atoms with Crippen molar-refractivity contribution in [2.75, 3.05) is 0 Å². The maximum absolute atomic E-state index is 13.3. The number of halogens is 4. The molecule has 2 rings (SSSR count). The van der Waals surface area contributed by atoms with Crippen molar-refractivity contribution in [3.05, 3.63) is 68.7 Å². The van der Waals surface area contributed by atoms with Gasteiger partial charge in [0.15, 0.2) is 5.78 Å². The molecule has 0 aromatic heterocycles. The van der Waals surface area contributed by atoms with Crippen LogP contribution in [0.1, 0.15) is 15.9 Å². The quantitative estimate of drug-likeness (QED) is 0.730. The minimum atomic E-state index is -0.647. The van der Waals surface area contributed by atoms with Gasteiger partial charge >= 0.3 is 0 Å². The Hall–Kier alpha value is -1.26. The van der Waals surface area contributed by atoms with E-state index in [1.54, 1.807) is 6.07 Å². The predicted molar refractivity (Wildman–Crippen MR) is 73.5 cm³/mol. The fourth-order valence-corrected chi connectivity index (χ4v) is 2.15. The molecule has 0 saturated heterocycles. The van der Waals surface area contributed by atoms with Crippen LogP contribution >= 0.6 is 27.5 Å². The first-order valence-corrected chi connectivity index (χ1v) is 6.57. The molecular weight excluding hydrogens is 338 g/mol. The van der Waals surface area contributed by atoms with E-state index in [1.807, 2.05) is 0 Å². The fraction of sp³-hybridized carbons (Fsp3) is 0.0714. The normalized spacial score (nSPS) is 10.5. The summed E-state index contributed by atoms with van der Waals surface area (Å²) < 4.78 is 26.8. The molecule has 0 amide bonds. The SMILES string of the molecule is O=C(Cc1cccc(F)c1Br)c1ccc(Cl)c(F)c1. The van der Waals surface area contributed by atoms with Gasteiger partial charge in [-0.15, -0.1) is 0 Å². The van der Waals surface area contributed by atoms with Crippen molar-refractivity contribution < 1.29 is 13.6 Å². The minimum Gasteiger partial charge on any atom is -0.294 e. The standard InChI is InChI=1S/C14H8BrClF2O/c15-14-9(2-1-3-11(14)17)7-13(19)8-4-5-10(16)12(18)6-8/h1-6H,7H2. The lowest BCUT2D eigenvalue weighted by Crippen LogP contribution is -2.05. The van der Waals surface area contributed by atoms with Gasteiger partial charge in [-0.2, -0.15) is 0 Å². The van der Waals surface area contributed by atoms with Gasteiger partial charge in [-0.3, -0.25) is 4.79 Å². The van der Waals surface area contributed by atoms with Gasteiger partial charge in [-0.1, -0.05) is 23.7 Å². The Balaban J connectivity index is 2.26. The molecule has 0 unspecified atom stereocenters. The van der Waals surface area contributed by atoms with Crippen LogP contribution < -0.4 is 0 Å².